The van der Waals surface area contributed by atoms with Crippen molar-refractivity contribution in [1.82, 2.24) is 4.98 Å². The van der Waals surface area contributed by atoms with Crippen LogP contribution in [0.1, 0.15) is 27.7 Å². The number of aromatic nitrogens is 1. The highest BCUT2D eigenvalue weighted by Crippen LogP contribution is 2.29. The summed E-state index contributed by atoms with van der Waals surface area (Å²) in [5.74, 6) is 0.644. The first kappa shape index (κ1) is 14.2. The second-order valence-electron chi connectivity index (χ2n) is 4.39. The Morgan fingerprint density at radius 3 is 2.70 bits per heavy atom. The van der Waals surface area contributed by atoms with Crippen molar-refractivity contribution in [2.45, 2.75) is 20.4 Å². The van der Waals surface area contributed by atoms with Crippen LogP contribution >= 0.6 is 11.6 Å². The lowest BCUT2D eigenvalue weighted by Crippen LogP contribution is -2.15. The SMILES string of the molecule is Cc1nc(CNc2c(Cl)cc(N)cc2C(N)=O)oc1C. The van der Waals surface area contributed by atoms with Crippen LogP contribution in [0, 0.1) is 13.8 Å². The molecule has 0 saturated heterocycles. The van der Waals surface area contributed by atoms with Crippen LogP contribution in [0.15, 0.2) is 16.5 Å². The van der Waals surface area contributed by atoms with Gasteiger partial charge in [-0.25, -0.2) is 4.98 Å². The number of hydrogen-bond donors (Lipinski definition) is 3. The number of aryl methyl sites for hydroxylation is 2. The van der Waals surface area contributed by atoms with Gasteiger partial charge < -0.3 is 21.2 Å². The summed E-state index contributed by atoms with van der Waals surface area (Å²) in [5.41, 5.74) is 12.8. The molecule has 0 aliphatic heterocycles. The largest absolute Gasteiger partial charge is 0.444 e. The van der Waals surface area contributed by atoms with Gasteiger partial charge in [0.2, 0.25) is 5.89 Å². The van der Waals surface area contributed by atoms with Crippen LogP contribution in [-0.4, -0.2) is 10.9 Å². The third-order valence-electron chi connectivity index (χ3n) is 2.87. The number of hydrogen-bond acceptors (Lipinski definition) is 5. The molecule has 0 saturated carbocycles. The maximum atomic E-state index is 11.4. The molecule has 5 N–H and O–H groups in total. The van der Waals surface area contributed by atoms with Gasteiger partial charge in [-0.05, 0) is 26.0 Å². The van der Waals surface area contributed by atoms with Crippen molar-refractivity contribution in [3.8, 4) is 0 Å². The number of nitrogens with one attached hydrogen (secondary N) is 1. The van der Waals surface area contributed by atoms with Gasteiger partial charge in [0.05, 0.1) is 28.5 Å². The summed E-state index contributed by atoms with van der Waals surface area (Å²) >= 11 is 6.08. The molecule has 2 rings (SSSR count). The zero-order chi connectivity index (χ0) is 14.9. The van der Waals surface area contributed by atoms with Gasteiger partial charge in [-0.1, -0.05) is 11.6 Å². The van der Waals surface area contributed by atoms with Crippen molar-refractivity contribution in [2.75, 3.05) is 11.1 Å². The van der Waals surface area contributed by atoms with Crippen LogP contribution in [0.3, 0.4) is 0 Å². The number of oxazole rings is 1. The standard InChI is InChI=1S/C13H15ClN4O2/c1-6-7(2)20-11(18-6)5-17-12-9(13(16)19)3-8(15)4-10(12)14/h3-4,17H,5,15H2,1-2H3,(H2,16,19). The van der Waals surface area contributed by atoms with E-state index in [4.69, 9.17) is 27.5 Å². The average molecular weight is 295 g/mol. The van der Waals surface area contributed by atoms with E-state index in [9.17, 15) is 4.79 Å². The minimum Gasteiger partial charge on any atom is -0.444 e. The maximum Gasteiger partial charge on any atom is 0.250 e. The number of nitrogens with zero attached hydrogens (tertiary/aromatic N) is 1. The van der Waals surface area contributed by atoms with Crippen LogP contribution in [0.2, 0.25) is 5.02 Å². The second kappa shape index (κ2) is 5.42. The number of benzene rings is 1. The summed E-state index contributed by atoms with van der Waals surface area (Å²) in [7, 11) is 0. The number of primary amides is 1. The number of carbonyl (C=O) groups excluding carboxylic acids is 1. The van der Waals surface area contributed by atoms with Gasteiger partial charge in [-0.2, -0.15) is 0 Å². The van der Waals surface area contributed by atoms with Gasteiger partial charge in [0.15, 0.2) is 0 Å². The van der Waals surface area contributed by atoms with Crippen molar-refractivity contribution in [3.05, 3.63) is 40.1 Å². The Morgan fingerprint density at radius 1 is 1.45 bits per heavy atom. The smallest absolute Gasteiger partial charge is 0.250 e. The van der Waals surface area contributed by atoms with Crippen LogP contribution in [0.5, 0.6) is 0 Å². The third kappa shape index (κ3) is 2.85. The number of amides is 1. The lowest BCUT2D eigenvalue weighted by atomic mass is 10.1. The molecule has 106 valence electrons. The van der Waals surface area contributed by atoms with Crippen molar-refractivity contribution in [3.63, 3.8) is 0 Å². The lowest BCUT2D eigenvalue weighted by Gasteiger charge is -2.11. The topological polar surface area (TPSA) is 107 Å². The van der Waals surface area contributed by atoms with Crippen LogP contribution in [-0.2, 0) is 6.54 Å². The van der Waals surface area contributed by atoms with E-state index >= 15 is 0 Å². The Labute approximate surface area is 121 Å². The van der Waals surface area contributed by atoms with Crippen LogP contribution in [0.4, 0.5) is 11.4 Å². The molecule has 1 aromatic carbocycles. The molecule has 0 fully saturated rings. The minimum atomic E-state index is -0.610. The van der Waals surface area contributed by atoms with E-state index in [0.29, 0.717) is 28.8 Å². The molecule has 2 aromatic rings. The summed E-state index contributed by atoms with van der Waals surface area (Å²) < 4.78 is 5.44. The molecule has 1 amide bonds. The van der Waals surface area contributed by atoms with Crippen molar-refractivity contribution >= 4 is 28.9 Å². The summed E-state index contributed by atoms with van der Waals surface area (Å²) in [6.07, 6.45) is 0. The van der Waals surface area contributed by atoms with Gasteiger partial charge in [0, 0.05) is 5.69 Å². The summed E-state index contributed by atoms with van der Waals surface area (Å²) in [6.45, 7) is 3.98. The van der Waals surface area contributed by atoms with Crippen LogP contribution in [0.25, 0.3) is 0 Å². The second-order valence-corrected chi connectivity index (χ2v) is 4.80. The van der Waals surface area contributed by atoms with E-state index in [1.807, 2.05) is 13.8 Å². The molecule has 0 unspecified atom stereocenters. The van der Waals surface area contributed by atoms with E-state index in [-0.39, 0.29) is 5.56 Å². The average Bonchev–Trinajstić information content (AvgIpc) is 2.66. The van der Waals surface area contributed by atoms with E-state index < -0.39 is 5.91 Å². The van der Waals surface area contributed by atoms with Crippen LogP contribution < -0.4 is 16.8 Å². The number of rotatable bonds is 4. The predicted octanol–water partition coefficient (Wildman–Crippen LogP) is 2.24. The van der Waals surface area contributed by atoms with Crippen molar-refractivity contribution in [2.24, 2.45) is 5.73 Å². The number of carbonyl (C=O) groups is 1. The van der Waals surface area contributed by atoms with Gasteiger partial charge in [0.1, 0.15) is 5.76 Å². The third-order valence-corrected chi connectivity index (χ3v) is 3.17. The van der Waals surface area contributed by atoms with E-state index in [0.717, 1.165) is 11.5 Å². The monoisotopic (exact) mass is 294 g/mol. The Bertz CT molecular complexity index is 647. The first-order chi connectivity index (χ1) is 9.38. The molecule has 6 nitrogen and oxygen atoms in total. The molecule has 20 heavy (non-hydrogen) atoms. The Hall–Kier alpha value is -2.21. The molecule has 0 atom stereocenters. The Kier molecular flexibility index (Phi) is 3.85. The predicted molar refractivity (Wildman–Crippen MR) is 77.7 cm³/mol. The highest BCUT2D eigenvalue weighted by molar-refractivity contribution is 6.34. The Balaban J connectivity index is 2.27. The highest BCUT2D eigenvalue weighted by Gasteiger charge is 2.14. The fourth-order valence-corrected chi connectivity index (χ4v) is 2.08. The number of halogens is 1. The zero-order valence-electron chi connectivity index (χ0n) is 11.2. The normalized spacial score (nSPS) is 10.6. The summed E-state index contributed by atoms with van der Waals surface area (Å²) in [5, 5.41) is 3.32. The molecule has 1 heterocycles. The summed E-state index contributed by atoms with van der Waals surface area (Å²) in [4.78, 5) is 15.7. The van der Waals surface area contributed by atoms with Crippen molar-refractivity contribution < 1.29 is 9.21 Å². The first-order valence-electron chi connectivity index (χ1n) is 5.94. The quantitative estimate of drug-likeness (QED) is 0.750. The Morgan fingerprint density at radius 2 is 2.15 bits per heavy atom. The zero-order valence-corrected chi connectivity index (χ0v) is 11.9. The number of nitrogen functional groups attached to an aromatic ring is 1. The van der Waals surface area contributed by atoms with E-state index in [1.165, 1.54) is 6.07 Å². The van der Waals surface area contributed by atoms with E-state index in [1.54, 1.807) is 6.07 Å². The molecule has 1 aromatic heterocycles. The molecule has 7 heteroatoms. The molecular weight excluding hydrogens is 280 g/mol. The minimum absolute atomic E-state index is 0.231. The molecule has 0 spiro atoms. The van der Waals surface area contributed by atoms with Gasteiger partial charge in [0.25, 0.3) is 5.91 Å². The van der Waals surface area contributed by atoms with Gasteiger partial charge in [-0.15, -0.1) is 0 Å². The van der Waals surface area contributed by atoms with Crippen molar-refractivity contribution in [1.29, 1.82) is 0 Å². The first-order valence-corrected chi connectivity index (χ1v) is 6.32. The summed E-state index contributed by atoms with van der Waals surface area (Å²) in [6, 6.07) is 3.02. The highest BCUT2D eigenvalue weighted by atomic mass is 35.5. The number of nitrogens with two attached hydrogens (primary N) is 2. The molecule has 0 aliphatic rings. The van der Waals surface area contributed by atoms with E-state index in [2.05, 4.69) is 10.3 Å². The molecule has 0 radical (unpaired) electrons. The fourth-order valence-electron chi connectivity index (χ4n) is 1.78. The maximum absolute atomic E-state index is 11.4. The number of anilines is 2. The molecule has 0 aliphatic carbocycles. The van der Waals surface area contributed by atoms with Gasteiger partial charge in [-0.3, -0.25) is 4.79 Å². The molecule has 0 bridgehead atoms. The molecular formula is C13H15ClN4O2. The lowest BCUT2D eigenvalue weighted by molar-refractivity contribution is 0.100. The fraction of sp³-hybridized carbons (Fsp3) is 0.231. The van der Waals surface area contributed by atoms with Gasteiger partial charge >= 0.3 is 0 Å².